The normalized spacial score (nSPS) is 17.5. The fourth-order valence-electron chi connectivity index (χ4n) is 5.52. The van der Waals surface area contributed by atoms with Crippen molar-refractivity contribution >= 4 is 38.3 Å². The lowest BCUT2D eigenvalue weighted by Gasteiger charge is -2.36. The topological polar surface area (TPSA) is 156 Å². The van der Waals surface area contributed by atoms with Gasteiger partial charge in [-0.1, -0.05) is 0 Å². The SMILES string of the molecule is Nc1nc2c(cnn2CCN2CCN(c3ccc(S(=O)(=O)N4CCNCC4)cc3F)CC2)c2nc(-c3ccco3)nn12. The number of nitrogen functional groups attached to an aromatic ring is 1. The maximum absolute atomic E-state index is 15.1. The van der Waals surface area contributed by atoms with Crippen LogP contribution >= 0.6 is 0 Å². The fourth-order valence-corrected chi connectivity index (χ4v) is 6.97. The molecule has 16 heteroatoms. The number of nitrogens with two attached hydrogens (primary N) is 1. The van der Waals surface area contributed by atoms with Crippen LogP contribution in [0.5, 0.6) is 0 Å². The zero-order valence-corrected chi connectivity index (χ0v) is 23.5. The molecule has 7 rings (SSSR count). The van der Waals surface area contributed by atoms with Crippen LogP contribution in [-0.4, -0.2) is 106 Å². The van der Waals surface area contributed by atoms with Gasteiger partial charge in [-0.05, 0) is 30.3 Å². The molecule has 4 aromatic heterocycles. The Hall–Kier alpha value is -4.12. The van der Waals surface area contributed by atoms with E-state index >= 15 is 4.39 Å². The average molecular weight is 596 g/mol. The lowest BCUT2D eigenvalue weighted by molar-refractivity contribution is 0.245. The van der Waals surface area contributed by atoms with Crippen molar-refractivity contribution < 1.29 is 17.2 Å². The molecular formula is C26H30FN11O3S. The van der Waals surface area contributed by atoms with Gasteiger partial charge >= 0.3 is 0 Å². The third-order valence-electron chi connectivity index (χ3n) is 7.81. The fraction of sp³-hybridized carbons (Fsp3) is 0.385. The van der Waals surface area contributed by atoms with Crippen molar-refractivity contribution in [3.63, 3.8) is 0 Å². The van der Waals surface area contributed by atoms with Crippen LogP contribution in [0.15, 0.2) is 52.1 Å². The van der Waals surface area contributed by atoms with Crippen LogP contribution in [-0.2, 0) is 16.6 Å². The van der Waals surface area contributed by atoms with Gasteiger partial charge in [0.25, 0.3) is 0 Å². The molecule has 14 nitrogen and oxygen atoms in total. The first kappa shape index (κ1) is 26.8. The Labute approximate surface area is 240 Å². The molecule has 5 aromatic rings. The highest BCUT2D eigenvalue weighted by Crippen LogP contribution is 2.27. The quantitative estimate of drug-likeness (QED) is 0.275. The second-order valence-electron chi connectivity index (χ2n) is 10.3. The predicted molar refractivity (Wildman–Crippen MR) is 153 cm³/mol. The van der Waals surface area contributed by atoms with Crippen molar-refractivity contribution in [2.24, 2.45) is 0 Å². The van der Waals surface area contributed by atoms with E-state index < -0.39 is 15.8 Å². The maximum atomic E-state index is 15.1. The third-order valence-corrected chi connectivity index (χ3v) is 9.71. The maximum Gasteiger partial charge on any atom is 0.243 e. The Morgan fingerprint density at radius 1 is 1.00 bits per heavy atom. The van der Waals surface area contributed by atoms with Gasteiger partial charge in [0.15, 0.2) is 17.1 Å². The smallest absolute Gasteiger partial charge is 0.243 e. The lowest BCUT2D eigenvalue weighted by Crippen LogP contribution is -2.47. The van der Waals surface area contributed by atoms with Crippen LogP contribution < -0.4 is 16.0 Å². The molecular weight excluding hydrogens is 565 g/mol. The van der Waals surface area contributed by atoms with Crippen molar-refractivity contribution in [2.45, 2.75) is 11.4 Å². The molecule has 0 atom stereocenters. The van der Waals surface area contributed by atoms with E-state index in [0.717, 1.165) is 24.5 Å². The Morgan fingerprint density at radius 2 is 1.81 bits per heavy atom. The van der Waals surface area contributed by atoms with E-state index in [2.05, 4.69) is 30.4 Å². The van der Waals surface area contributed by atoms with E-state index in [-0.39, 0.29) is 10.8 Å². The predicted octanol–water partition coefficient (Wildman–Crippen LogP) is 0.871. The number of benzene rings is 1. The van der Waals surface area contributed by atoms with Crippen molar-refractivity contribution in [1.82, 2.24) is 43.9 Å². The van der Waals surface area contributed by atoms with E-state index in [4.69, 9.17) is 10.2 Å². The Morgan fingerprint density at radius 3 is 2.55 bits per heavy atom. The van der Waals surface area contributed by atoms with Gasteiger partial charge in [0.2, 0.25) is 21.8 Å². The van der Waals surface area contributed by atoms with Gasteiger partial charge in [0.05, 0.1) is 35.0 Å². The first-order chi connectivity index (χ1) is 20.4. The van der Waals surface area contributed by atoms with Gasteiger partial charge in [0, 0.05) is 58.9 Å². The van der Waals surface area contributed by atoms with E-state index in [0.29, 0.717) is 80.9 Å². The summed E-state index contributed by atoms with van der Waals surface area (Å²) in [5, 5.41) is 12.8. The van der Waals surface area contributed by atoms with E-state index in [1.807, 2.05) is 4.90 Å². The molecule has 6 heterocycles. The van der Waals surface area contributed by atoms with E-state index in [1.54, 1.807) is 35.3 Å². The van der Waals surface area contributed by atoms with E-state index in [9.17, 15) is 8.42 Å². The Kier molecular flexibility index (Phi) is 6.76. The van der Waals surface area contributed by atoms with Crippen LogP contribution in [0, 0.1) is 5.82 Å². The summed E-state index contributed by atoms with van der Waals surface area (Å²) >= 11 is 0. The summed E-state index contributed by atoms with van der Waals surface area (Å²) < 4.78 is 51.1. The van der Waals surface area contributed by atoms with Gasteiger partial charge in [-0.3, -0.25) is 4.90 Å². The zero-order valence-electron chi connectivity index (χ0n) is 22.7. The number of nitrogens with zero attached hydrogens (tertiary/aromatic N) is 9. The summed E-state index contributed by atoms with van der Waals surface area (Å²) in [4.78, 5) is 13.3. The number of piperazine rings is 2. The molecule has 2 saturated heterocycles. The van der Waals surface area contributed by atoms with Crippen molar-refractivity contribution in [3.8, 4) is 11.6 Å². The summed E-state index contributed by atoms with van der Waals surface area (Å²) in [5.74, 6) is 0.626. The number of anilines is 2. The molecule has 42 heavy (non-hydrogen) atoms. The van der Waals surface area contributed by atoms with Crippen LogP contribution in [0.25, 0.3) is 28.3 Å². The Balaban J connectivity index is 1.00. The molecule has 0 unspecified atom stereocenters. The number of hydrogen-bond acceptors (Lipinski definition) is 11. The summed E-state index contributed by atoms with van der Waals surface area (Å²) in [5.41, 5.74) is 7.79. The first-order valence-corrected chi connectivity index (χ1v) is 15.2. The summed E-state index contributed by atoms with van der Waals surface area (Å²) in [6.45, 7) is 5.89. The molecule has 0 amide bonds. The Bertz CT molecular complexity index is 1840. The molecule has 0 radical (unpaired) electrons. The van der Waals surface area contributed by atoms with Crippen molar-refractivity contribution in [3.05, 3.63) is 48.6 Å². The van der Waals surface area contributed by atoms with Crippen molar-refractivity contribution in [1.29, 1.82) is 0 Å². The number of halogens is 1. The molecule has 3 N–H and O–H groups in total. The zero-order chi connectivity index (χ0) is 28.8. The summed E-state index contributed by atoms with van der Waals surface area (Å²) in [7, 11) is -3.72. The largest absolute Gasteiger partial charge is 0.461 e. The number of nitrogens with one attached hydrogen (secondary N) is 1. The van der Waals surface area contributed by atoms with Gasteiger partial charge in [-0.15, -0.1) is 5.10 Å². The molecule has 2 aliphatic rings. The highest BCUT2D eigenvalue weighted by atomic mass is 32.2. The number of hydrogen-bond donors (Lipinski definition) is 2. The lowest BCUT2D eigenvalue weighted by atomic mass is 10.2. The minimum Gasteiger partial charge on any atom is -0.461 e. The molecule has 0 spiro atoms. The molecule has 220 valence electrons. The van der Waals surface area contributed by atoms with Crippen LogP contribution in [0.4, 0.5) is 16.0 Å². The highest BCUT2D eigenvalue weighted by Gasteiger charge is 2.28. The summed E-state index contributed by atoms with van der Waals surface area (Å²) in [6, 6.07) is 7.78. The third kappa shape index (κ3) is 4.75. The number of fused-ring (bicyclic) bond motifs is 3. The standard InChI is InChI=1S/C26H30FN11O3S/c27-20-16-18(42(39,40)36-7-5-29-6-8-36)3-4-21(20)35-12-9-34(10-13-35)11-14-37-24-19(17-30-37)25-31-23(22-2-1-15-41-22)33-38(25)26(28)32-24/h1-4,15-17,29H,5-14H2,(H2,28,32). The number of aromatic nitrogens is 6. The van der Waals surface area contributed by atoms with Gasteiger partial charge in [-0.25, -0.2) is 22.5 Å². The second kappa shape index (κ2) is 10.6. The molecule has 1 aromatic carbocycles. The highest BCUT2D eigenvalue weighted by molar-refractivity contribution is 7.89. The first-order valence-electron chi connectivity index (χ1n) is 13.8. The average Bonchev–Trinajstić information content (AvgIpc) is 3.77. The molecule has 0 bridgehead atoms. The number of furan rings is 1. The molecule has 0 aliphatic carbocycles. The summed E-state index contributed by atoms with van der Waals surface area (Å²) in [6.07, 6.45) is 3.27. The second-order valence-corrected chi connectivity index (χ2v) is 12.3. The molecule has 0 saturated carbocycles. The van der Waals surface area contributed by atoms with Gasteiger partial charge in [0.1, 0.15) is 5.82 Å². The van der Waals surface area contributed by atoms with Crippen molar-refractivity contribution in [2.75, 3.05) is 69.5 Å². The van der Waals surface area contributed by atoms with Crippen LogP contribution in [0.2, 0.25) is 0 Å². The molecule has 2 fully saturated rings. The molecule has 2 aliphatic heterocycles. The van der Waals surface area contributed by atoms with Gasteiger partial charge in [-0.2, -0.15) is 18.9 Å². The minimum absolute atomic E-state index is 0.00873. The van der Waals surface area contributed by atoms with Crippen LogP contribution in [0.1, 0.15) is 0 Å². The van der Waals surface area contributed by atoms with Crippen LogP contribution in [0.3, 0.4) is 0 Å². The minimum atomic E-state index is -3.72. The number of rotatable bonds is 7. The number of sulfonamides is 1. The van der Waals surface area contributed by atoms with E-state index in [1.165, 1.54) is 14.9 Å². The monoisotopic (exact) mass is 595 g/mol. The van der Waals surface area contributed by atoms with Gasteiger partial charge < -0.3 is 20.4 Å².